The Morgan fingerprint density at radius 2 is 2.12 bits per heavy atom. The molecule has 0 spiro atoms. The van der Waals surface area contributed by atoms with Crippen LogP contribution in [0.1, 0.15) is 5.82 Å². The van der Waals surface area contributed by atoms with Crippen LogP contribution in [0.4, 0.5) is 20.4 Å². The van der Waals surface area contributed by atoms with Crippen molar-refractivity contribution >= 4 is 11.6 Å². The van der Waals surface area contributed by atoms with Crippen molar-refractivity contribution in [3.63, 3.8) is 0 Å². The molecule has 0 fully saturated rings. The Labute approximate surface area is 94.6 Å². The summed E-state index contributed by atoms with van der Waals surface area (Å²) in [7, 11) is 0. The summed E-state index contributed by atoms with van der Waals surface area (Å²) in [5, 5.41) is 2.50. The van der Waals surface area contributed by atoms with E-state index in [1.807, 2.05) is 0 Å². The van der Waals surface area contributed by atoms with Crippen LogP contribution >= 0.6 is 0 Å². The number of nitrogens with one attached hydrogen (secondary N) is 2. The lowest BCUT2D eigenvalue weighted by Crippen LogP contribution is -2.16. The molecule has 0 bridgehead atoms. The van der Waals surface area contributed by atoms with E-state index in [1.54, 1.807) is 0 Å². The largest absolute Gasteiger partial charge is 0.322 e. The van der Waals surface area contributed by atoms with E-state index in [2.05, 4.69) is 20.3 Å². The number of halogens is 2. The van der Waals surface area contributed by atoms with Crippen LogP contribution < -0.4 is 10.9 Å². The predicted molar refractivity (Wildman–Crippen MR) is 57.0 cm³/mol. The molecule has 5 nitrogen and oxygen atoms in total. The molecule has 2 aromatic heterocycles. The van der Waals surface area contributed by atoms with Gasteiger partial charge in [0.05, 0.1) is 6.20 Å². The number of rotatable bonds is 2. The van der Waals surface area contributed by atoms with Crippen molar-refractivity contribution in [2.24, 2.45) is 0 Å². The molecule has 2 heterocycles. The monoisotopic (exact) mass is 238 g/mol. The fraction of sp³-hybridized carbons (Fsp3) is 0.100. The summed E-state index contributed by atoms with van der Waals surface area (Å²) in [6, 6.07) is 2.47. The molecule has 2 N–H and O–H groups in total. The zero-order chi connectivity index (χ0) is 12.4. The van der Waals surface area contributed by atoms with E-state index in [1.165, 1.54) is 13.0 Å². The van der Waals surface area contributed by atoms with E-state index in [4.69, 9.17) is 0 Å². The van der Waals surface area contributed by atoms with Crippen molar-refractivity contribution in [3.8, 4) is 0 Å². The van der Waals surface area contributed by atoms with Gasteiger partial charge in [-0.2, -0.15) is 4.39 Å². The van der Waals surface area contributed by atoms with Crippen molar-refractivity contribution < 1.29 is 8.78 Å². The lowest BCUT2D eigenvalue weighted by atomic mass is 10.4. The molecular weight excluding hydrogens is 230 g/mol. The van der Waals surface area contributed by atoms with Gasteiger partial charge in [-0.05, 0) is 19.1 Å². The van der Waals surface area contributed by atoms with E-state index >= 15 is 0 Å². The zero-order valence-corrected chi connectivity index (χ0v) is 8.79. The van der Waals surface area contributed by atoms with E-state index in [-0.39, 0.29) is 17.5 Å². The second-order valence-corrected chi connectivity index (χ2v) is 3.30. The smallest absolute Gasteiger partial charge is 0.289 e. The Hall–Kier alpha value is -2.31. The fourth-order valence-electron chi connectivity index (χ4n) is 1.23. The van der Waals surface area contributed by atoms with E-state index in [9.17, 15) is 13.6 Å². The molecule has 0 unspecified atom stereocenters. The van der Waals surface area contributed by atoms with Crippen molar-refractivity contribution in [2.45, 2.75) is 6.92 Å². The molecule has 0 aliphatic heterocycles. The minimum absolute atomic E-state index is 0.197. The van der Waals surface area contributed by atoms with Gasteiger partial charge in [0.25, 0.3) is 5.56 Å². The van der Waals surface area contributed by atoms with Crippen LogP contribution in [0.5, 0.6) is 0 Å². The number of nitrogens with zero attached hydrogens (tertiary/aromatic N) is 2. The van der Waals surface area contributed by atoms with Crippen LogP contribution in [-0.4, -0.2) is 15.0 Å². The summed E-state index contributed by atoms with van der Waals surface area (Å²) in [5.74, 6) is -1.33. The van der Waals surface area contributed by atoms with Crippen LogP contribution in [0, 0.1) is 18.6 Å². The van der Waals surface area contributed by atoms with Gasteiger partial charge >= 0.3 is 0 Å². The molecule has 0 aliphatic rings. The molecule has 0 saturated heterocycles. The molecule has 88 valence electrons. The Morgan fingerprint density at radius 3 is 2.76 bits per heavy atom. The maximum absolute atomic E-state index is 13.4. The number of pyridine rings is 1. The predicted octanol–water partition coefficient (Wildman–Crippen LogP) is 1.50. The maximum Gasteiger partial charge on any atom is 0.289 e. The van der Waals surface area contributed by atoms with Gasteiger partial charge < -0.3 is 10.3 Å². The quantitative estimate of drug-likeness (QED) is 0.831. The molecule has 2 aromatic rings. The highest BCUT2D eigenvalue weighted by Crippen LogP contribution is 2.13. The van der Waals surface area contributed by atoms with Crippen LogP contribution in [0.15, 0.2) is 23.1 Å². The minimum Gasteiger partial charge on any atom is -0.322 e. The van der Waals surface area contributed by atoms with E-state index < -0.39 is 17.2 Å². The molecule has 0 aromatic carbocycles. The highest BCUT2D eigenvalue weighted by atomic mass is 19.1. The highest BCUT2D eigenvalue weighted by molar-refractivity contribution is 5.51. The molecular formula is C10H8F2N4O. The molecule has 17 heavy (non-hydrogen) atoms. The zero-order valence-electron chi connectivity index (χ0n) is 8.79. The average molecular weight is 238 g/mol. The molecule has 0 atom stereocenters. The number of H-pyrrole nitrogens is 1. The van der Waals surface area contributed by atoms with Gasteiger partial charge in [-0.15, -0.1) is 0 Å². The van der Waals surface area contributed by atoms with Gasteiger partial charge in [-0.1, -0.05) is 0 Å². The maximum atomic E-state index is 13.4. The number of hydrogen-bond donors (Lipinski definition) is 2. The van der Waals surface area contributed by atoms with Crippen LogP contribution in [0.3, 0.4) is 0 Å². The van der Waals surface area contributed by atoms with Gasteiger partial charge in [0, 0.05) is 0 Å². The fourth-order valence-corrected chi connectivity index (χ4v) is 1.23. The van der Waals surface area contributed by atoms with Gasteiger partial charge in [-0.25, -0.2) is 14.4 Å². The third-order valence-corrected chi connectivity index (χ3v) is 1.96. The number of aryl methyl sites for hydroxylation is 1. The third kappa shape index (κ3) is 2.44. The van der Waals surface area contributed by atoms with Gasteiger partial charge in [0.1, 0.15) is 17.5 Å². The van der Waals surface area contributed by atoms with E-state index in [0.717, 1.165) is 12.3 Å². The third-order valence-electron chi connectivity index (χ3n) is 1.96. The molecule has 0 saturated carbocycles. The number of aromatic amines is 1. The minimum atomic E-state index is -1.04. The average Bonchev–Trinajstić information content (AvgIpc) is 2.28. The standard InChI is InChI=1S/C10H8F2N4O/c1-5-14-9(8(12)10(17)15-5)16-7-3-2-6(11)4-13-7/h2-4H,1H3,(H2,13,14,15,16,17). The van der Waals surface area contributed by atoms with E-state index in [0.29, 0.717) is 0 Å². The van der Waals surface area contributed by atoms with Gasteiger partial charge in [-0.3, -0.25) is 4.79 Å². The number of anilines is 2. The summed E-state index contributed by atoms with van der Waals surface area (Å²) < 4.78 is 26.0. The first kappa shape index (κ1) is 11.2. The number of hydrogen-bond acceptors (Lipinski definition) is 4. The summed E-state index contributed by atoms with van der Waals surface area (Å²) in [6.07, 6.45) is 0.972. The van der Waals surface area contributed by atoms with Crippen molar-refractivity contribution in [1.82, 2.24) is 15.0 Å². The summed E-state index contributed by atoms with van der Waals surface area (Å²) in [5.41, 5.74) is -0.873. The summed E-state index contributed by atoms with van der Waals surface area (Å²) >= 11 is 0. The molecule has 2 rings (SSSR count). The SMILES string of the molecule is Cc1nc(Nc2ccc(F)cn2)c(F)c(=O)[nH]1. The van der Waals surface area contributed by atoms with Crippen molar-refractivity contribution in [2.75, 3.05) is 5.32 Å². The Morgan fingerprint density at radius 1 is 1.35 bits per heavy atom. The van der Waals surface area contributed by atoms with Crippen LogP contribution in [0.2, 0.25) is 0 Å². The van der Waals surface area contributed by atoms with Gasteiger partial charge in [0.2, 0.25) is 5.82 Å². The van der Waals surface area contributed by atoms with Crippen molar-refractivity contribution in [1.29, 1.82) is 0 Å². The highest BCUT2D eigenvalue weighted by Gasteiger charge is 2.10. The first-order valence-electron chi connectivity index (χ1n) is 4.71. The second kappa shape index (κ2) is 4.28. The Balaban J connectivity index is 2.36. The molecule has 0 radical (unpaired) electrons. The Kier molecular flexibility index (Phi) is 2.82. The molecule has 0 amide bonds. The van der Waals surface area contributed by atoms with Crippen LogP contribution in [-0.2, 0) is 0 Å². The second-order valence-electron chi connectivity index (χ2n) is 3.30. The molecule has 7 heteroatoms. The Bertz CT molecular complexity index is 594. The lowest BCUT2D eigenvalue weighted by molar-refractivity contribution is 0.602. The normalized spacial score (nSPS) is 10.3. The summed E-state index contributed by atoms with van der Waals surface area (Å²) in [4.78, 5) is 20.8. The first-order valence-corrected chi connectivity index (χ1v) is 4.71. The van der Waals surface area contributed by atoms with Gasteiger partial charge in [0.15, 0.2) is 5.82 Å². The number of aromatic nitrogens is 3. The first-order chi connectivity index (χ1) is 8.06. The summed E-state index contributed by atoms with van der Waals surface area (Å²) in [6.45, 7) is 1.52. The lowest BCUT2D eigenvalue weighted by Gasteiger charge is -2.05. The topological polar surface area (TPSA) is 70.7 Å². The van der Waals surface area contributed by atoms with Crippen LogP contribution in [0.25, 0.3) is 0 Å². The van der Waals surface area contributed by atoms with Crippen molar-refractivity contribution in [3.05, 3.63) is 46.1 Å². The molecule has 0 aliphatic carbocycles.